The minimum Gasteiger partial charge on any atom is -0.356 e. The summed E-state index contributed by atoms with van der Waals surface area (Å²) in [4.78, 5) is 38.6. The summed E-state index contributed by atoms with van der Waals surface area (Å²) in [5.41, 5.74) is 1.30. The zero-order valence-corrected chi connectivity index (χ0v) is 17.9. The van der Waals surface area contributed by atoms with E-state index < -0.39 is 0 Å². The summed E-state index contributed by atoms with van der Waals surface area (Å²) < 4.78 is 0. The van der Waals surface area contributed by atoms with Crippen molar-refractivity contribution in [3.63, 3.8) is 0 Å². The van der Waals surface area contributed by atoms with Crippen LogP contribution in [0.3, 0.4) is 0 Å². The molecule has 1 aromatic rings. The molecule has 0 radical (unpaired) electrons. The van der Waals surface area contributed by atoms with Gasteiger partial charge in [0.1, 0.15) is 0 Å². The van der Waals surface area contributed by atoms with E-state index in [0.717, 1.165) is 25.8 Å². The molecule has 2 fully saturated rings. The molecular formula is C22H33N5O3. The van der Waals surface area contributed by atoms with Crippen LogP contribution in [0.4, 0.5) is 21.0 Å². The van der Waals surface area contributed by atoms with Gasteiger partial charge in [-0.25, -0.2) is 9.59 Å². The van der Waals surface area contributed by atoms with Crippen LogP contribution in [-0.4, -0.2) is 48.5 Å². The lowest BCUT2D eigenvalue weighted by atomic mass is 9.97. The number of hydrogen-bond acceptors (Lipinski definition) is 3. The zero-order chi connectivity index (χ0) is 21.5. The van der Waals surface area contributed by atoms with E-state index in [4.69, 9.17) is 0 Å². The van der Waals surface area contributed by atoms with Gasteiger partial charge in [-0.1, -0.05) is 6.92 Å². The van der Waals surface area contributed by atoms with E-state index in [9.17, 15) is 14.4 Å². The number of nitrogens with zero attached hydrogens (tertiary/aromatic N) is 1. The highest BCUT2D eigenvalue weighted by molar-refractivity contribution is 5.92. The second kappa shape index (κ2) is 10.3. The summed E-state index contributed by atoms with van der Waals surface area (Å²) in [6, 6.07) is 6.64. The molecule has 4 N–H and O–H groups in total. The molecule has 1 aliphatic carbocycles. The Hall–Kier alpha value is -2.77. The number of hydrogen-bond donors (Lipinski definition) is 4. The molecule has 8 nitrogen and oxygen atoms in total. The van der Waals surface area contributed by atoms with Gasteiger partial charge in [-0.3, -0.25) is 4.79 Å². The molecule has 164 valence electrons. The van der Waals surface area contributed by atoms with Crippen LogP contribution in [0.2, 0.25) is 0 Å². The number of urea groups is 2. The molecule has 0 unspecified atom stereocenters. The maximum atomic E-state index is 12.6. The van der Waals surface area contributed by atoms with Gasteiger partial charge in [0.25, 0.3) is 0 Å². The standard InChI is InChI=1S/C22H33N5O3/c1-3-15(2)24-21(29)25-18-8-10-19(11-9-18)26-22(30)27-12-4-5-17(14-27)20(28)23-13-16-6-7-16/h8-11,15-17H,3-7,12-14H2,1-2H3,(H,23,28)(H,26,30)(H2,24,25,29)/t15-,17+/m1/s1. The van der Waals surface area contributed by atoms with Crippen LogP contribution in [-0.2, 0) is 4.79 Å². The van der Waals surface area contributed by atoms with Crippen molar-refractivity contribution in [2.45, 2.75) is 52.0 Å². The number of carbonyl (C=O) groups excluding carboxylic acids is 3. The van der Waals surface area contributed by atoms with Crippen molar-refractivity contribution in [2.75, 3.05) is 30.3 Å². The van der Waals surface area contributed by atoms with Gasteiger partial charge in [0, 0.05) is 37.1 Å². The van der Waals surface area contributed by atoms with E-state index in [2.05, 4.69) is 21.3 Å². The summed E-state index contributed by atoms with van der Waals surface area (Å²) in [5, 5.41) is 11.5. The van der Waals surface area contributed by atoms with E-state index in [1.165, 1.54) is 12.8 Å². The number of benzene rings is 1. The van der Waals surface area contributed by atoms with E-state index in [1.807, 2.05) is 13.8 Å². The number of amides is 5. The van der Waals surface area contributed by atoms with Gasteiger partial charge in [0.05, 0.1) is 5.92 Å². The molecule has 0 aromatic heterocycles. The second-order valence-electron chi connectivity index (χ2n) is 8.39. The third kappa shape index (κ3) is 6.64. The molecule has 1 saturated heterocycles. The number of nitrogens with one attached hydrogen (secondary N) is 4. The molecule has 0 bridgehead atoms. The predicted octanol–water partition coefficient (Wildman–Crippen LogP) is 3.38. The van der Waals surface area contributed by atoms with Crippen molar-refractivity contribution in [2.24, 2.45) is 11.8 Å². The first-order chi connectivity index (χ1) is 14.4. The third-order valence-electron chi connectivity index (χ3n) is 5.73. The molecule has 3 rings (SSSR count). The van der Waals surface area contributed by atoms with Crippen molar-refractivity contribution >= 4 is 29.3 Å². The average Bonchev–Trinajstić information content (AvgIpc) is 3.58. The third-order valence-corrected chi connectivity index (χ3v) is 5.73. The maximum Gasteiger partial charge on any atom is 0.321 e. The molecule has 8 heteroatoms. The molecule has 1 aliphatic heterocycles. The molecule has 1 heterocycles. The number of anilines is 2. The Morgan fingerprint density at radius 1 is 1.07 bits per heavy atom. The number of carbonyl (C=O) groups is 3. The lowest BCUT2D eigenvalue weighted by molar-refractivity contribution is -0.126. The number of likely N-dealkylation sites (tertiary alicyclic amines) is 1. The maximum absolute atomic E-state index is 12.6. The first kappa shape index (κ1) is 21.9. The molecule has 2 aliphatic rings. The quantitative estimate of drug-likeness (QED) is 0.549. The Labute approximate surface area is 178 Å². The molecule has 1 saturated carbocycles. The summed E-state index contributed by atoms with van der Waals surface area (Å²) >= 11 is 0. The Bertz CT molecular complexity index is 748. The molecule has 0 spiro atoms. The monoisotopic (exact) mass is 415 g/mol. The highest BCUT2D eigenvalue weighted by atomic mass is 16.2. The Morgan fingerprint density at radius 2 is 1.73 bits per heavy atom. The van der Waals surface area contributed by atoms with Crippen molar-refractivity contribution in [3.8, 4) is 0 Å². The smallest absolute Gasteiger partial charge is 0.321 e. The van der Waals surface area contributed by atoms with E-state index in [-0.39, 0.29) is 29.9 Å². The highest BCUT2D eigenvalue weighted by Crippen LogP contribution is 2.28. The molecule has 2 atom stereocenters. The van der Waals surface area contributed by atoms with E-state index >= 15 is 0 Å². The Kier molecular flexibility index (Phi) is 7.54. The average molecular weight is 416 g/mol. The van der Waals surface area contributed by atoms with Crippen molar-refractivity contribution < 1.29 is 14.4 Å². The summed E-state index contributed by atoms with van der Waals surface area (Å²) in [5.74, 6) is 0.569. The Morgan fingerprint density at radius 3 is 2.37 bits per heavy atom. The second-order valence-corrected chi connectivity index (χ2v) is 8.39. The molecular weight excluding hydrogens is 382 g/mol. The van der Waals surface area contributed by atoms with Crippen LogP contribution in [0.25, 0.3) is 0 Å². The number of piperidine rings is 1. The summed E-state index contributed by atoms with van der Waals surface area (Å²) in [7, 11) is 0. The van der Waals surface area contributed by atoms with Crippen molar-refractivity contribution in [1.82, 2.24) is 15.5 Å². The predicted molar refractivity (Wildman–Crippen MR) is 117 cm³/mol. The van der Waals surface area contributed by atoms with Crippen LogP contribution >= 0.6 is 0 Å². The Balaban J connectivity index is 1.46. The fraction of sp³-hybridized carbons (Fsp3) is 0.591. The van der Waals surface area contributed by atoms with Crippen LogP contribution in [0, 0.1) is 11.8 Å². The normalized spacial score (nSPS) is 19.5. The minimum atomic E-state index is -0.250. The van der Waals surface area contributed by atoms with Crippen LogP contribution in [0.15, 0.2) is 24.3 Å². The van der Waals surface area contributed by atoms with E-state index in [0.29, 0.717) is 30.4 Å². The largest absolute Gasteiger partial charge is 0.356 e. The minimum absolute atomic E-state index is 0.0606. The molecule has 30 heavy (non-hydrogen) atoms. The van der Waals surface area contributed by atoms with Gasteiger partial charge in [-0.05, 0) is 69.2 Å². The first-order valence-electron chi connectivity index (χ1n) is 11.0. The number of rotatable bonds is 7. The van der Waals surface area contributed by atoms with Gasteiger partial charge in [-0.15, -0.1) is 0 Å². The van der Waals surface area contributed by atoms with Crippen LogP contribution < -0.4 is 21.3 Å². The zero-order valence-electron chi connectivity index (χ0n) is 17.9. The molecule has 5 amide bonds. The van der Waals surface area contributed by atoms with Gasteiger partial charge >= 0.3 is 12.1 Å². The fourth-order valence-electron chi connectivity index (χ4n) is 3.42. The van der Waals surface area contributed by atoms with Crippen LogP contribution in [0.5, 0.6) is 0 Å². The topological polar surface area (TPSA) is 103 Å². The highest BCUT2D eigenvalue weighted by Gasteiger charge is 2.30. The lowest BCUT2D eigenvalue weighted by Crippen LogP contribution is -2.47. The molecule has 1 aromatic carbocycles. The first-order valence-corrected chi connectivity index (χ1v) is 11.0. The van der Waals surface area contributed by atoms with Crippen LogP contribution in [0.1, 0.15) is 46.0 Å². The van der Waals surface area contributed by atoms with Gasteiger partial charge < -0.3 is 26.2 Å². The summed E-state index contributed by atoms with van der Waals surface area (Å²) in [6.07, 6.45) is 4.91. The van der Waals surface area contributed by atoms with Crippen molar-refractivity contribution in [1.29, 1.82) is 0 Å². The SMILES string of the molecule is CC[C@@H](C)NC(=O)Nc1ccc(NC(=O)N2CCC[C@H](C(=O)NCC3CC3)C2)cc1. The van der Waals surface area contributed by atoms with Crippen molar-refractivity contribution in [3.05, 3.63) is 24.3 Å². The van der Waals surface area contributed by atoms with Gasteiger partial charge in [-0.2, -0.15) is 0 Å². The summed E-state index contributed by atoms with van der Waals surface area (Å²) in [6.45, 7) is 5.80. The fourth-order valence-corrected chi connectivity index (χ4v) is 3.42. The van der Waals surface area contributed by atoms with Gasteiger partial charge in [0.15, 0.2) is 0 Å². The lowest BCUT2D eigenvalue weighted by Gasteiger charge is -2.32. The van der Waals surface area contributed by atoms with E-state index in [1.54, 1.807) is 29.2 Å². The van der Waals surface area contributed by atoms with Gasteiger partial charge in [0.2, 0.25) is 5.91 Å².